The number of alkyl halides is 3. The van der Waals surface area contributed by atoms with Crippen molar-refractivity contribution in [1.82, 2.24) is 34.6 Å². The fourth-order valence-electron chi connectivity index (χ4n) is 4.80. The van der Waals surface area contributed by atoms with Gasteiger partial charge in [-0.05, 0) is 42.0 Å². The van der Waals surface area contributed by atoms with Crippen LogP contribution in [0.25, 0.3) is 39.2 Å². The molecule has 194 valence electrons. The van der Waals surface area contributed by atoms with Crippen LogP contribution in [0.5, 0.6) is 0 Å². The van der Waals surface area contributed by atoms with Crippen LogP contribution in [0.3, 0.4) is 0 Å². The van der Waals surface area contributed by atoms with Crippen molar-refractivity contribution >= 4 is 16.7 Å². The van der Waals surface area contributed by atoms with Crippen LogP contribution >= 0.6 is 0 Å². The van der Waals surface area contributed by atoms with Crippen LogP contribution in [0, 0.1) is 0 Å². The van der Waals surface area contributed by atoms with Crippen LogP contribution in [0.2, 0.25) is 0 Å². The summed E-state index contributed by atoms with van der Waals surface area (Å²) in [6.45, 7) is 2.14. The maximum atomic E-state index is 14.2. The molecule has 0 spiro atoms. The number of halogens is 3. The van der Waals surface area contributed by atoms with E-state index in [0.29, 0.717) is 43.2 Å². The van der Waals surface area contributed by atoms with Crippen LogP contribution in [-0.2, 0) is 13.2 Å². The van der Waals surface area contributed by atoms with E-state index in [1.807, 2.05) is 12.1 Å². The average molecular weight is 521 g/mol. The van der Waals surface area contributed by atoms with Gasteiger partial charge < -0.3 is 14.8 Å². The highest BCUT2D eigenvalue weighted by Crippen LogP contribution is 2.38. The number of hydrogen-bond acceptors (Lipinski definition) is 6. The molecule has 0 radical (unpaired) electrons. The Labute approximate surface area is 214 Å². The number of H-pyrrole nitrogens is 1. The first-order valence-corrected chi connectivity index (χ1v) is 12.0. The number of aromatic amines is 1. The number of pyridine rings is 2. The second-order valence-electron chi connectivity index (χ2n) is 9.14. The summed E-state index contributed by atoms with van der Waals surface area (Å²) < 4.78 is 45.2. The number of imidazole rings is 1. The van der Waals surface area contributed by atoms with E-state index in [-0.39, 0.29) is 11.4 Å². The zero-order valence-corrected chi connectivity index (χ0v) is 20.3. The fourth-order valence-corrected chi connectivity index (χ4v) is 4.80. The number of nitrogens with zero attached hydrogens (tertiary/aromatic N) is 6. The van der Waals surface area contributed by atoms with Crippen LogP contribution in [0.4, 0.5) is 18.9 Å². The van der Waals surface area contributed by atoms with E-state index in [4.69, 9.17) is 0 Å². The molecule has 4 aromatic heterocycles. The van der Waals surface area contributed by atoms with Gasteiger partial charge in [-0.1, -0.05) is 0 Å². The van der Waals surface area contributed by atoms with E-state index in [0.717, 1.165) is 22.6 Å². The van der Waals surface area contributed by atoms with E-state index in [1.165, 1.54) is 15.2 Å². The van der Waals surface area contributed by atoms with Gasteiger partial charge in [0.1, 0.15) is 0 Å². The lowest BCUT2D eigenvalue weighted by Crippen LogP contribution is -2.44. The molecule has 9 nitrogen and oxygen atoms in total. The number of rotatable bonds is 4. The smallest absolute Gasteiger partial charge is 0.368 e. The number of benzene rings is 1. The Bertz CT molecular complexity index is 1690. The van der Waals surface area contributed by atoms with Crippen molar-refractivity contribution in [3.63, 3.8) is 0 Å². The average Bonchev–Trinajstić information content (AvgIpc) is 3.52. The summed E-state index contributed by atoms with van der Waals surface area (Å²) in [5.74, 6) is 0. The number of hydrogen-bond donors (Lipinski definition) is 2. The van der Waals surface area contributed by atoms with Crippen LogP contribution < -0.4 is 15.9 Å². The molecule has 38 heavy (non-hydrogen) atoms. The van der Waals surface area contributed by atoms with Crippen molar-refractivity contribution in [1.29, 1.82) is 0 Å². The molecule has 5 heterocycles. The number of anilines is 1. The first-order valence-electron chi connectivity index (χ1n) is 12.0. The SMILES string of the molecule is Cn1cc(-c2cc(-c3cnc4[nH]ncc4c3)ccn2)n(-c2ccc(N3CCNCC3)c(C(F)(F)F)c2)c1=O. The highest BCUT2D eigenvalue weighted by atomic mass is 19.4. The number of piperazine rings is 1. The molecule has 0 aliphatic carbocycles. The van der Waals surface area contributed by atoms with Gasteiger partial charge in [0.2, 0.25) is 0 Å². The minimum Gasteiger partial charge on any atom is -0.368 e. The molecule has 0 amide bonds. The Balaban J connectivity index is 1.46. The lowest BCUT2D eigenvalue weighted by molar-refractivity contribution is -0.137. The molecule has 1 fully saturated rings. The minimum absolute atomic E-state index is 0.107. The molecule has 12 heteroatoms. The molecule has 5 aromatic rings. The zero-order chi connectivity index (χ0) is 26.4. The summed E-state index contributed by atoms with van der Waals surface area (Å²) in [6, 6.07) is 9.56. The molecule has 1 aromatic carbocycles. The molecule has 6 rings (SSSR count). The van der Waals surface area contributed by atoms with Crippen molar-refractivity contribution in [3.8, 4) is 28.2 Å². The second kappa shape index (κ2) is 9.14. The van der Waals surface area contributed by atoms with Crippen molar-refractivity contribution in [2.75, 3.05) is 31.1 Å². The summed E-state index contributed by atoms with van der Waals surface area (Å²) in [7, 11) is 1.56. The van der Waals surface area contributed by atoms with Crippen molar-refractivity contribution in [3.05, 3.63) is 77.2 Å². The molecule has 2 N–H and O–H groups in total. The summed E-state index contributed by atoms with van der Waals surface area (Å²) in [6.07, 6.45) is 1.95. The molecule has 0 atom stereocenters. The summed E-state index contributed by atoms with van der Waals surface area (Å²) in [4.78, 5) is 23.7. The van der Waals surface area contributed by atoms with E-state index in [9.17, 15) is 18.0 Å². The van der Waals surface area contributed by atoms with Gasteiger partial charge in [-0.3, -0.25) is 14.6 Å². The third-order valence-electron chi connectivity index (χ3n) is 6.70. The van der Waals surface area contributed by atoms with E-state index in [1.54, 1.807) is 48.9 Å². The highest BCUT2D eigenvalue weighted by Gasteiger charge is 2.36. The van der Waals surface area contributed by atoms with Crippen LogP contribution in [0.1, 0.15) is 5.56 Å². The first-order chi connectivity index (χ1) is 18.3. The van der Waals surface area contributed by atoms with Gasteiger partial charge in [-0.15, -0.1) is 0 Å². The summed E-state index contributed by atoms with van der Waals surface area (Å²) in [5.41, 5.74) is 2.04. The molecule has 1 saturated heterocycles. The van der Waals surface area contributed by atoms with Crippen molar-refractivity contribution in [2.45, 2.75) is 6.18 Å². The predicted molar refractivity (Wildman–Crippen MR) is 137 cm³/mol. The van der Waals surface area contributed by atoms with Crippen LogP contribution in [0.15, 0.2) is 66.0 Å². The van der Waals surface area contributed by atoms with Gasteiger partial charge in [0.05, 0.1) is 28.8 Å². The molecule has 1 aliphatic heterocycles. The van der Waals surface area contributed by atoms with Gasteiger partial charge in [0.25, 0.3) is 0 Å². The topological polar surface area (TPSA) is 96.7 Å². The maximum Gasteiger partial charge on any atom is 0.418 e. The highest BCUT2D eigenvalue weighted by molar-refractivity contribution is 5.81. The van der Waals surface area contributed by atoms with Gasteiger partial charge in [0, 0.05) is 68.5 Å². The molecular formula is C26H23F3N8O. The third-order valence-corrected chi connectivity index (χ3v) is 6.70. The van der Waals surface area contributed by atoms with Gasteiger partial charge in [-0.25, -0.2) is 9.78 Å². The summed E-state index contributed by atoms with van der Waals surface area (Å²) in [5, 5.41) is 10.8. The minimum atomic E-state index is -4.59. The Hall–Kier alpha value is -4.45. The number of aromatic nitrogens is 6. The van der Waals surface area contributed by atoms with E-state index < -0.39 is 17.4 Å². The Morgan fingerprint density at radius 2 is 1.79 bits per heavy atom. The number of fused-ring (bicyclic) bond motifs is 1. The van der Waals surface area contributed by atoms with Crippen molar-refractivity contribution in [2.24, 2.45) is 7.05 Å². The lowest BCUT2D eigenvalue weighted by Gasteiger charge is -2.31. The third kappa shape index (κ3) is 4.22. The molecule has 0 bridgehead atoms. The zero-order valence-electron chi connectivity index (χ0n) is 20.3. The van der Waals surface area contributed by atoms with Gasteiger partial charge in [0.15, 0.2) is 5.65 Å². The standard InChI is InChI=1S/C26H23F3N8O/c1-35-15-23(21-11-16(4-5-31-21)17-10-18-14-33-34-24(18)32-13-17)37(25(35)38)19-2-3-22(20(12-19)26(27,28)29)36-8-6-30-7-9-36/h2-5,10-15,30H,6-9H2,1H3,(H,32,33,34). The van der Waals surface area contributed by atoms with E-state index >= 15 is 0 Å². The Morgan fingerprint density at radius 3 is 2.58 bits per heavy atom. The fraction of sp³-hybridized carbons (Fsp3) is 0.231. The second-order valence-corrected chi connectivity index (χ2v) is 9.14. The largest absolute Gasteiger partial charge is 0.418 e. The maximum absolute atomic E-state index is 14.2. The molecule has 1 aliphatic rings. The predicted octanol–water partition coefficient (Wildman–Crippen LogP) is 3.60. The monoisotopic (exact) mass is 520 g/mol. The normalized spacial score (nSPS) is 14.4. The number of aryl methyl sites for hydroxylation is 1. The Morgan fingerprint density at radius 1 is 0.974 bits per heavy atom. The molecule has 0 saturated carbocycles. The molecular weight excluding hydrogens is 497 g/mol. The lowest BCUT2D eigenvalue weighted by atomic mass is 10.1. The quantitative estimate of drug-likeness (QED) is 0.376. The van der Waals surface area contributed by atoms with E-state index in [2.05, 4.69) is 25.5 Å². The molecule has 0 unspecified atom stereocenters. The van der Waals surface area contributed by atoms with Crippen molar-refractivity contribution < 1.29 is 13.2 Å². The van der Waals surface area contributed by atoms with Gasteiger partial charge in [-0.2, -0.15) is 18.3 Å². The van der Waals surface area contributed by atoms with Crippen LogP contribution in [-0.4, -0.2) is 55.5 Å². The van der Waals surface area contributed by atoms with Gasteiger partial charge >= 0.3 is 11.9 Å². The number of nitrogens with one attached hydrogen (secondary N) is 2. The Kier molecular flexibility index (Phi) is 5.75. The summed E-state index contributed by atoms with van der Waals surface area (Å²) >= 11 is 0. The first kappa shape index (κ1) is 23.9.